The Hall–Kier alpha value is -3.33. The molecule has 0 rings (SSSR count). The van der Waals surface area contributed by atoms with Crippen LogP contribution in [0.25, 0.3) is 0 Å². The molecule has 0 N–H and O–H groups in total. The second kappa shape index (κ2) is 62.2. The number of phosphoric acid groups is 1. The lowest BCUT2D eigenvalue weighted by atomic mass is 10.0. The van der Waals surface area contributed by atoms with Gasteiger partial charge in [-0.25, -0.2) is 0 Å². The van der Waals surface area contributed by atoms with Gasteiger partial charge in [0.05, 0.1) is 27.7 Å². The second-order valence-electron chi connectivity index (χ2n) is 23.4. The number of carbonyl (C=O) groups is 2. The van der Waals surface area contributed by atoms with E-state index < -0.39 is 26.5 Å². The fraction of sp³-hybridized carbons (Fsp3) is 0.722. The van der Waals surface area contributed by atoms with E-state index in [1.54, 1.807) is 0 Å². The number of quaternary nitrogens is 1. The van der Waals surface area contributed by atoms with Gasteiger partial charge in [0.15, 0.2) is 6.10 Å². The zero-order valence-electron chi connectivity index (χ0n) is 53.7. The quantitative estimate of drug-likeness (QED) is 0.0195. The van der Waals surface area contributed by atoms with Crippen molar-refractivity contribution in [2.45, 2.75) is 290 Å². The number of allylic oxidation sites excluding steroid dienone is 18. The Balaban J connectivity index is 4.04. The minimum absolute atomic E-state index is 0.0344. The number of hydrogen-bond acceptors (Lipinski definition) is 8. The van der Waals surface area contributed by atoms with E-state index in [1.807, 2.05) is 21.1 Å². The number of nitrogens with zero attached hydrogens (tertiary/aromatic N) is 1. The lowest BCUT2D eigenvalue weighted by Crippen LogP contribution is -2.37. The van der Waals surface area contributed by atoms with Crippen molar-refractivity contribution in [3.05, 3.63) is 109 Å². The summed E-state index contributed by atoms with van der Waals surface area (Å²) in [5, 5.41) is 0. The van der Waals surface area contributed by atoms with Crippen LogP contribution in [0.5, 0.6) is 0 Å². The third kappa shape index (κ3) is 65.8. The van der Waals surface area contributed by atoms with Gasteiger partial charge in [-0.3, -0.25) is 14.2 Å². The molecule has 472 valence electrons. The molecule has 0 fully saturated rings. The molecule has 0 saturated heterocycles. The summed E-state index contributed by atoms with van der Waals surface area (Å²) in [4.78, 5) is 38.0. The van der Waals surface area contributed by atoms with Gasteiger partial charge in [0.25, 0.3) is 7.82 Å². The first-order valence-corrected chi connectivity index (χ1v) is 35.1. The first-order valence-electron chi connectivity index (χ1n) is 33.6. The Morgan fingerprint density at radius 1 is 0.378 bits per heavy atom. The Morgan fingerprint density at radius 3 is 0.976 bits per heavy atom. The number of likely N-dealkylation sites (N-methyl/N-ethyl adjacent to an activating group) is 1. The summed E-state index contributed by atoms with van der Waals surface area (Å²) in [6.45, 7) is 4.03. The minimum Gasteiger partial charge on any atom is -0.756 e. The van der Waals surface area contributed by atoms with Gasteiger partial charge in [-0.1, -0.05) is 284 Å². The van der Waals surface area contributed by atoms with Gasteiger partial charge in [-0.15, -0.1) is 0 Å². The highest BCUT2D eigenvalue weighted by Crippen LogP contribution is 2.38. The Kier molecular flexibility index (Phi) is 59.7. The SMILES string of the molecule is CC/C=C\C/C=C\C/C=C\C/C=C\C/C=C\CCCCCCCCCCCCCCCCCCCCCC(=O)OC(COC(=O)CCCCCCCCCCCC/C=C\C/C=C\C/C=C\C/C=C\CC)COP(=O)([O-])OCC[N+](C)(C)C. The molecule has 0 aromatic rings. The number of ether oxygens (including phenoxy) is 2. The van der Waals surface area contributed by atoms with Crippen molar-refractivity contribution in [2.24, 2.45) is 0 Å². The van der Waals surface area contributed by atoms with Crippen LogP contribution in [0.4, 0.5) is 0 Å². The summed E-state index contributed by atoms with van der Waals surface area (Å²) in [6, 6.07) is 0. The van der Waals surface area contributed by atoms with Crippen LogP contribution in [-0.2, 0) is 32.7 Å². The largest absolute Gasteiger partial charge is 0.756 e. The van der Waals surface area contributed by atoms with Crippen molar-refractivity contribution in [2.75, 3.05) is 47.5 Å². The summed E-state index contributed by atoms with van der Waals surface area (Å²) in [5.74, 6) is -0.833. The molecule has 0 radical (unpaired) electrons. The molecular weight excluding hydrogens is 1040 g/mol. The van der Waals surface area contributed by atoms with Crippen LogP contribution in [0.3, 0.4) is 0 Å². The summed E-state index contributed by atoms with van der Waals surface area (Å²) in [7, 11) is 1.16. The molecule has 10 heteroatoms. The van der Waals surface area contributed by atoms with Crippen molar-refractivity contribution < 1.29 is 42.1 Å². The van der Waals surface area contributed by atoms with E-state index in [2.05, 4.69) is 123 Å². The van der Waals surface area contributed by atoms with Gasteiger partial charge >= 0.3 is 11.9 Å². The zero-order chi connectivity index (χ0) is 59.8. The molecule has 0 spiro atoms. The highest BCUT2D eigenvalue weighted by atomic mass is 31.2. The molecule has 9 nitrogen and oxygen atoms in total. The third-order valence-electron chi connectivity index (χ3n) is 14.3. The van der Waals surface area contributed by atoms with E-state index in [4.69, 9.17) is 18.5 Å². The van der Waals surface area contributed by atoms with Gasteiger partial charge in [0, 0.05) is 12.8 Å². The third-order valence-corrected chi connectivity index (χ3v) is 15.3. The molecule has 0 aromatic heterocycles. The number of hydrogen-bond donors (Lipinski definition) is 0. The topological polar surface area (TPSA) is 111 Å². The molecule has 0 aliphatic heterocycles. The average molecular weight is 1160 g/mol. The number of rotatable bonds is 61. The molecule has 0 heterocycles. The van der Waals surface area contributed by atoms with Gasteiger partial charge in [0.1, 0.15) is 19.8 Å². The lowest BCUT2D eigenvalue weighted by Gasteiger charge is -2.28. The van der Waals surface area contributed by atoms with Crippen LogP contribution in [-0.4, -0.2) is 70.0 Å². The molecule has 0 saturated carbocycles. The van der Waals surface area contributed by atoms with E-state index in [0.717, 1.165) is 109 Å². The van der Waals surface area contributed by atoms with E-state index in [0.29, 0.717) is 17.4 Å². The number of esters is 2. The summed E-state index contributed by atoms with van der Waals surface area (Å²) in [5.41, 5.74) is 0. The summed E-state index contributed by atoms with van der Waals surface area (Å²) < 4.78 is 34.3. The van der Waals surface area contributed by atoms with Crippen LogP contribution >= 0.6 is 7.82 Å². The van der Waals surface area contributed by atoms with Gasteiger partial charge in [0.2, 0.25) is 0 Å². The molecular formula is C72H126NO8P. The predicted octanol–water partition coefficient (Wildman–Crippen LogP) is 21.1. The van der Waals surface area contributed by atoms with Crippen LogP contribution in [0.2, 0.25) is 0 Å². The minimum atomic E-state index is -4.65. The van der Waals surface area contributed by atoms with Crippen molar-refractivity contribution >= 4 is 19.8 Å². The second-order valence-corrected chi connectivity index (χ2v) is 24.8. The summed E-state index contributed by atoms with van der Waals surface area (Å²) >= 11 is 0. The zero-order valence-corrected chi connectivity index (χ0v) is 54.6. The Bertz CT molecular complexity index is 1750. The fourth-order valence-corrected chi connectivity index (χ4v) is 9.93. The predicted molar refractivity (Wildman–Crippen MR) is 351 cm³/mol. The standard InChI is InChI=1S/C72H126NO8P/c1-6-8-10-12-14-16-18-20-22-24-26-28-30-31-32-33-34-35-36-37-38-39-40-41-43-45-47-49-51-53-55-57-59-61-63-65-72(75)81-70(69-80-82(76,77)79-67-66-73(3,4)5)68-78-71(74)64-62-60-58-56-54-52-50-48-46-44-42-29-27-25-23-21-19-17-15-13-11-9-7-2/h8-11,14-17,20-23,26-29,31-32,70H,6-7,12-13,18-19,24-25,30,33-69H2,1-5H3/b10-8-,11-9-,16-14-,17-15-,22-20-,23-21-,28-26-,29-27-,32-31-. The Labute approximate surface area is 506 Å². The number of phosphoric ester groups is 1. The molecule has 0 amide bonds. The monoisotopic (exact) mass is 1160 g/mol. The fourth-order valence-electron chi connectivity index (χ4n) is 9.21. The van der Waals surface area contributed by atoms with Crippen molar-refractivity contribution in [3.8, 4) is 0 Å². The maximum Gasteiger partial charge on any atom is 0.306 e. The molecule has 0 bridgehead atoms. The molecule has 82 heavy (non-hydrogen) atoms. The molecule has 0 aliphatic rings. The average Bonchev–Trinajstić information content (AvgIpc) is 3.45. The molecule has 2 atom stereocenters. The van der Waals surface area contributed by atoms with Crippen LogP contribution in [0.15, 0.2) is 109 Å². The normalized spacial score (nSPS) is 13.9. The highest BCUT2D eigenvalue weighted by Gasteiger charge is 2.22. The van der Waals surface area contributed by atoms with E-state index >= 15 is 0 Å². The van der Waals surface area contributed by atoms with Crippen molar-refractivity contribution in [3.63, 3.8) is 0 Å². The van der Waals surface area contributed by atoms with Crippen LogP contribution in [0.1, 0.15) is 284 Å². The number of unbranched alkanes of at least 4 members (excludes halogenated alkanes) is 29. The van der Waals surface area contributed by atoms with Crippen molar-refractivity contribution in [1.29, 1.82) is 0 Å². The van der Waals surface area contributed by atoms with Crippen LogP contribution < -0.4 is 4.89 Å². The van der Waals surface area contributed by atoms with Crippen LogP contribution in [0, 0.1) is 0 Å². The first-order chi connectivity index (χ1) is 40.0. The van der Waals surface area contributed by atoms with Crippen molar-refractivity contribution in [1.82, 2.24) is 0 Å². The smallest absolute Gasteiger partial charge is 0.306 e. The number of carbonyl (C=O) groups excluding carboxylic acids is 2. The van der Waals surface area contributed by atoms with Gasteiger partial charge in [-0.05, 0) is 96.3 Å². The summed E-state index contributed by atoms with van der Waals surface area (Å²) in [6.07, 6.45) is 87.3. The maximum atomic E-state index is 12.9. The maximum absolute atomic E-state index is 12.9. The first kappa shape index (κ1) is 78.7. The van der Waals surface area contributed by atoms with Gasteiger partial charge < -0.3 is 27.9 Å². The lowest BCUT2D eigenvalue weighted by molar-refractivity contribution is -0.870. The van der Waals surface area contributed by atoms with Gasteiger partial charge in [-0.2, -0.15) is 0 Å². The Morgan fingerprint density at radius 2 is 0.659 bits per heavy atom. The van der Waals surface area contributed by atoms with E-state index in [9.17, 15) is 19.0 Å². The van der Waals surface area contributed by atoms with E-state index in [-0.39, 0.29) is 32.0 Å². The highest BCUT2D eigenvalue weighted by molar-refractivity contribution is 7.45. The van der Waals surface area contributed by atoms with E-state index in [1.165, 1.54) is 141 Å². The molecule has 0 aromatic carbocycles. The molecule has 0 aliphatic carbocycles. The molecule has 2 unspecified atom stereocenters.